The van der Waals surface area contributed by atoms with Crippen molar-refractivity contribution < 1.29 is 14.6 Å². The van der Waals surface area contributed by atoms with Crippen molar-refractivity contribution in [1.82, 2.24) is 9.78 Å². The summed E-state index contributed by atoms with van der Waals surface area (Å²) in [6.45, 7) is 3.87. The first-order valence-electron chi connectivity index (χ1n) is 5.70. The smallest absolute Gasteiger partial charge is 0.335 e. The average molecular weight is 238 g/mol. The molecule has 0 spiro atoms. The number of ether oxygens (including phenoxy) is 1. The Hall–Kier alpha value is -1.36. The lowest BCUT2D eigenvalue weighted by Gasteiger charge is -2.20. The summed E-state index contributed by atoms with van der Waals surface area (Å²) in [5, 5.41) is 14.4. The van der Waals surface area contributed by atoms with Crippen LogP contribution in [0.3, 0.4) is 0 Å². The molecule has 94 valence electrons. The molecule has 0 aromatic carbocycles. The molecular weight excluding hydrogens is 220 g/mol. The molecule has 0 saturated heterocycles. The van der Waals surface area contributed by atoms with Crippen LogP contribution in [0.15, 0.2) is 0 Å². The highest BCUT2D eigenvalue weighted by atomic mass is 16.5. The van der Waals surface area contributed by atoms with Crippen LogP contribution in [-0.2, 0) is 22.0 Å². The molecule has 0 aliphatic heterocycles. The zero-order valence-corrected chi connectivity index (χ0v) is 10.6. The van der Waals surface area contributed by atoms with Crippen molar-refractivity contribution in [2.45, 2.75) is 38.2 Å². The van der Waals surface area contributed by atoms with Crippen LogP contribution in [0.5, 0.6) is 0 Å². The zero-order chi connectivity index (χ0) is 12.8. The van der Waals surface area contributed by atoms with E-state index in [1.54, 1.807) is 4.68 Å². The topological polar surface area (TPSA) is 64.3 Å². The molecule has 1 aliphatic carbocycles. The molecule has 1 fully saturated rings. The molecule has 1 aromatic heterocycles. The third-order valence-corrected chi connectivity index (χ3v) is 3.74. The highest BCUT2D eigenvalue weighted by molar-refractivity contribution is 5.78. The number of esters is 1. The third-order valence-electron chi connectivity index (χ3n) is 3.74. The molecule has 1 heterocycles. The minimum absolute atomic E-state index is 0.477. The Morgan fingerprint density at radius 2 is 2.12 bits per heavy atom. The predicted octanol–water partition coefficient (Wildman–Crippen LogP) is 0.602. The maximum Gasteiger partial charge on any atom is 0.335 e. The average Bonchev–Trinajstić information content (AvgIpc) is 3.03. The first-order chi connectivity index (χ1) is 7.94. The summed E-state index contributed by atoms with van der Waals surface area (Å²) in [4.78, 5) is 11.5. The van der Waals surface area contributed by atoms with Crippen LogP contribution in [-0.4, -0.2) is 34.1 Å². The number of carbonyl (C=O) groups is 1. The van der Waals surface area contributed by atoms with Crippen LogP contribution in [0.4, 0.5) is 0 Å². The molecule has 5 nitrogen and oxygen atoms in total. The van der Waals surface area contributed by atoms with Crippen LogP contribution in [0.1, 0.15) is 29.8 Å². The molecule has 0 amide bonds. The standard InChI is InChI=1S/C12H18N2O3/c1-7-9(8(2)14(3)13-7)12(5-6-12)10(15)11(16)17-4/h10,15H,5-6H2,1-4H3. The molecule has 17 heavy (non-hydrogen) atoms. The van der Waals surface area contributed by atoms with Gasteiger partial charge in [-0.2, -0.15) is 5.10 Å². The van der Waals surface area contributed by atoms with Crippen LogP contribution < -0.4 is 0 Å². The SMILES string of the molecule is COC(=O)C(O)C1(c2c(C)nn(C)c2C)CC1. The first-order valence-corrected chi connectivity index (χ1v) is 5.70. The van der Waals surface area contributed by atoms with Gasteiger partial charge in [-0.15, -0.1) is 0 Å². The fraction of sp³-hybridized carbons (Fsp3) is 0.667. The van der Waals surface area contributed by atoms with E-state index in [0.717, 1.165) is 29.8 Å². The number of methoxy groups -OCH3 is 1. The van der Waals surface area contributed by atoms with E-state index < -0.39 is 17.5 Å². The summed E-state index contributed by atoms with van der Waals surface area (Å²) in [5.41, 5.74) is 2.40. The van der Waals surface area contributed by atoms with E-state index in [9.17, 15) is 9.90 Å². The van der Waals surface area contributed by atoms with Crippen molar-refractivity contribution >= 4 is 5.97 Å². The highest BCUT2D eigenvalue weighted by Gasteiger charge is 2.56. The van der Waals surface area contributed by atoms with E-state index in [4.69, 9.17) is 0 Å². The van der Waals surface area contributed by atoms with E-state index in [2.05, 4.69) is 9.84 Å². The predicted molar refractivity (Wildman–Crippen MR) is 61.6 cm³/mol. The highest BCUT2D eigenvalue weighted by Crippen LogP contribution is 2.53. The van der Waals surface area contributed by atoms with E-state index in [1.165, 1.54) is 7.11 Å². The van der Waals surface area contributed by atoms with Gasteiger partial charge in [-0.25, -0.2) is 4.79 Å². The summed E-state index contributed by atoms with van der Waals surface area (Å²) in [6, 6.07) is 0. The molecule has 1 atom stereocenters. The number of nitrogens with zero attached hydrogens (tertiary/aromatic N) is 2. The number of aliphatic hydroxyl groups excluding tert-OH is 1. The Morgan fingerprint density at radius 3 is 2.47 bits per heavy atom. The largest absolute Gasteiger partial charge is 0.467 e. The number of rotatable bonds is 3. The van der Waals surface area contributed by atoms with Gasteiger partial charge in [-0.1, -0.05) is 0 Å². The quantitative estimate of drug-likeness (QED) is 0.783. The second-order valence-electron chi connectivity index (χ2n) is 4.75. The number of hydrogen-bond donors (Lipinski definition) is 1. The van der Waals surface area contributed by atoms with E-state index in [-0.39, 0.29) is 0 Å². The zero-order valence-electron chi connectivity index (χ0n) is 10.6. The van der Waals surface area contributed by atoms with Gasteiger partial charge in [0.15, 0.2) is 6.10 Å². The molecule has 5 heteroatoms. The van der Waals surface area contributed by atoms with Gasteiger partial charge in [-0.05, 0) is 26.7 Å². The van der Waals surface area contributed by atoms with Gasteiger partial charge in [0, 0.05) is 23.7 Å². The minimum Gasteiger partial charge on any atom is -0.467 e. The van der Waals surface area contributed by atoms with Gasteiger partial charge < -0.3 is 9.84 Å². The first kappa shape index (κ1) is 12.1. The molecule has 1 aromatic rings. The lowest BCUT2D eigenvalue weighted by atomic mass is 9.88. The fourth-order valence-corrected chi connectivity index (χ4v) is 2.63. The Bertz CT molecular complexity index is 461. The van der Waals surface area contributed by atoms with Gasteiger partial charge in [0.2, 0.25) is 0 Å². The molecular formula is C12H18N2O3. The number of aryl methyl sites for hydroxylation is 2. The number of carbonyl (C=O) groups excluding carboxylic acids is 1. The van der Waals surface area contributed by atoms with Crippen LogP contribution >= 0.6 is 0 Å². The molecule has 1 aliphatic rings. The van der Waals surface area contributed by atoms with Crippen LogP contribution in [0.25, 0.3) is 0 Å². The van der Waals surface area contributed by atoms with Crippen molar-refractivity contribution in [3.63, 3.8) is 0 Å². The van der Waals surface area contributed by atoms with Gasteiger partial charge in [0.25, 0.3) is 0 Å². The Kier molecular flexibility index (Phi) is 2.73. The van der Waals surface area contributed by atoms with Crippen LogP contribution in [0.2, 0.25) is 0 Å². The Morgan fingerprint density at radius 1 is 1.53 bits per heavy atom. The van der Waals surface area contributed by atoms with Crippen molar-refractivity contribution in [3.8, 4) is 0 Å². The normalized spacial score (nSPS) is 18.9. The van der Waals surface area contributed by atoms with E-state index >= 15 is 0 Å². The summed E-state index contributed by atoms with van der Waals surface area (Å²) >= 11 is 0. The fourth-order valence-electron chi connectivity index (χ4n) is 2.63. The van der Waals surface area contributed by atoms with Crippen molar-refractivity contribution in [2.24, 2.45) is 7.05 Å². The van der Waals surface area contributed by atoms with Gasteiger partial charge in [0.05, 0.1) is 12.8 Å². The Balaban J connectivity index is 2.42. The summed E-state index contributed by atoms with van der Waals surface area (Å²) in [5.74, 6) is -0.565. The Labute approximate surface area is 100 Å². The lowest BCUT2D eigenvalue weighted by Crippen LogP contribution is -2.35. The summed E-state index contributed by atoms with van der Waals surface area (Å²) in [7, 11) is 3.16. The maximum atomic E-state index is 11.5. The minimum atomic E-state index is -1.09. The molecule has 2 rings (SSSR count). The molecule has 1 N–H and O–H groups in total. The van der Waals surface area contributed by atoms with E-state index in [0.29, 0.717) is 0 Å². The van der Waals surface area contributed by atoms with Crippen molar-refractivity contribution in [2.75, 3.05) is 7.11 Å². The van der Waals surface area contributed by atoms with Crippen LogP contribution in [0, 0.1) is 13.8 Å². The number of hydrogen-bond acceptors (Lipinski definition) is 4. The van der Waals surface area contributed by atoms with Gasteiger partial charge >= 0.3 is 5.97 Å². The van der Waals surface area contributed by atoms with Gasteiger partial charge in [-0.3, -0.25) is 4.68 Å². The monoisotopic (exact) mass is 238 g/mol. The molecule has 0 radical (unpaired) electrons. The maximum absolute atomic E-state index is 11.5. The summed E-state index contributed by atoms with van der Waals surface area (Å²) in [6.07, 6.45) is 0.516. The number of aliphatic hydroxyl groups is 1. The molecule has 0 bridgehead atoms. The molecule has 1 unspecified atom stereocenters. The number of aromatic nitrogens is 2. The lowest BCUT2D eigenvalue weighted by molar-refractivity contribution is -0.152. The van der Waals surface area contributed by atoms with Crippen molar-refractivity contribution in [1.29, 1.82) is 0 Å². The second-order valence-corrected chi connectivity index (χ2v) is 4.75. The van der Waals surface area contributed by atoms with Crippen molar-refractivity contribution in [3.05, 3.63) is 17.0 Å². The summed E-state index contributed by atoms with van der Waals surface area (Å²) < 4.78 is 6.42. The second kappa shape index (κ2) is 3.84. The van der Waals surface area contributed by atoms with E-state index in [1.807, 2.05) is 20.9 Å². The van der Waals surface area contributed by atoms with Gasteiger partial charge in [0.1, 0.15) is 0 Å². The molecule has 1 saturated carbocycles. The third kappa shape index (κ3) is 1.65.